The molecule has 0 saturated heterocycles. The number of rotatable bonds is 3. The van der Waals surface area contributed by atoms with Crippen molar-refractivity contribution >= 4 is 26.0 Å². The maximum absolute atomic E-state index is 12.6. The minimum atomic E-state index is -4.85. The van der Waals surface area contributed by atoms with E-state index in [0.717, 1.165) is 12.1 Å². The Balaban J connectivity index is 3.22. The van der Waals surface area contributed by atoms with Crippen molar-refractivity contribution in [2.24, 2.45) is 0 Å². The van der Waals surface area contributed by atoms with E-state index < -0.39 is 43.3 Å². The zero-order valence-electron chi connectivity index (χ0n) is 10.2. The minimum absolute atomic E-state index is 0.259. The van der Waals surface area contributed by atoms with Gasteiger partial charge in [-0.25, -0.2) is 8.42 Å². The van der Waals surface area contributed by atoms with Crippen LogP contribution in [0.5, 0.6) is 0 Å². The molecule has 1 atom stereocenters. The summed E-state index contributed by atoms with van der Waals surface area (Å²) in [4.78, 5) is -0.908. The number of sulfonamides is 1. The second kappa shape index (κ2) is 5.76. The second-order valence-corrected chi connectivity index (χ2v) is 6.59. The van der Waals surface area contributed by atoms with Crippen molar-refractivity contribution in [1.82, 2.24) is 4.72 Å². The molecule has 0 heterocycles. The van der Waals surface area contributed by atoms with E-state index in [2.05, 4.69) is 15.9 Å². The molecule has 1 aromatic rings. The molecule has 1 N–H and O–H groups in total. The van der Waals surface area contributed by atoms with Crippen molar-refractivity contribution in [2.45, 2.75) is 30.2 Å². The molecule has 0 bridgehead atoms. The lowest BCUT2D eigenvalue weighted by Gasteiger charge is -2.18. The predicted octanol–water partition coefficient (Wildman–Crippen LogP) is 3.70. The molecule has 0 aliphatic heterocycles. The van der Waals surface area contributed by atoms with Gasteiger partial charge in [0, 0.05) is 4.47 Å². The molecule has 1 aromatic carbocycles. The number of nitrogens with one attached hydrogen (secondary N) is 1. The Morgan fingerprint density at radius 2 is 1.67 bits per heavy atom. The fourth-order valence-electron chi connectivity index (χ4n) is 1.26. The summed E-state index contributed by atoms with van der Waals surface area (Å²) in [7, 11) is -4.73. The molecule has 1 rings (SSSR count). The van der Waals surface area contributed by atoms with Crippen molar-refractivity contribution in [2.75, 3.05) is 0 Å². The summed E-state index contributed by atoms with van der Waals surface area (Å²) in [6.07, 6.45) is -9.70. The van der Waals surface area contributed by atoms with Crippen molar-refractivity contribution < 1.29 is 34.8 Å². The summed E-state index contributed by atoms with van der Waals surface area (Å²) < 4.78 is 99.1. The summed E-state index contributed by atoms with van der Waals surface area (Å²) in [5.41, 5.74) is -1.30. The molecule has 0 aliphatic carbocycles. The zero-order valence-corrected chi connectivity index (χ0v) is 12.6. The average Bonchev–Trinajstić information content (AvgIpc) is 2.25. The SMILES string of the molecule is CC(NS(=O)(=O)c1ccc(Br)c(C(F)(F)F)c1)C(F)(F)F. The van der Waals surface area contributed by atoms with Gasteiger partial charge in [0.25, 0.3) is 0 Å². The van der Waals surface area contributed by atoms with Gasteiger partial charge in [-0.3, -0.25) is 0 Å². The van der Waals surface area contributed by atoms with Crippen LogP contribution in [0.1, 0.15) is 12.5 Å². The summed E-state index contributed by atoms with van der Waals surface area (Å²) in [6.45, 7) is 0.543. The Morgan fingerprint density at radius 1 is 1.14 bits per heavy atom. The molecule has 0 fully saturated rings. The van der Waals surface area contributed by atoms with Gasteiger partial charge in [-0.1, -0.05) is 15.9 Å². The van der Waals surface area contributed by atoms with E-state index in [0.29, 0.717) is 6.92 Å². The fraction of sp³-hybridized carbons (Fsp3) is 0.400. The maximum Gasteiger partial charge on any atom is 0.417 e. The van der Waals surface area contributed by atoms with Crippen LogP contribution >= 0.6 is 15.9 Å². The normalized spacial score (nSPS) is 15.0. The van der Waals surface area contributed by atoms with E-state index in [4.69, 9.17) is 0 Å². The van der Waals surface area contributed by atoms with E-state index in [9.17, 15) is 34.8 Å². The van der Waals surface area contributed by atoms with Crippen LogP contribution in [-0.4, -0.2) is 20.6 Å². The third kappa shape index (κ3) is 4.58. The van der Waals surface area contributed by atoms with E-state index in [1.807, 2.05) is 0 Å². The van der Waals surface area contributed by atoms with Gasteiger partial charge in [-0.15, -0.1) is 0 Å². The summed E-state index contributed by atoms with van der Waals surface area (Å²) in [5.74, 6) is 0. The summed E-state index contributed by atoms with van der Waals surface area (Å²) >= 11 is 2.60. The molecule has 0 amide bonds. The largest absolute Gasteiger partial charge is 0.417 e. The highest BCUT2D eigenvalue weighted by Crippen LogP contribution is 2.36. The smallest absolute Gasteiger partial charge is 0.207 e. The van der Waals surface area contributed by atoms with Gasteiger partial charge < -0.3 is 0 Å². The summed E-state index contributed by atoms with van der Waals surface area (Å²) in [5, 5.41) is 0. The third-order valence-corrected chi connectivity index (χ3v) is 4.61. The molecule has 120 valence electrons. The van der Waals surface area contributed by atoms with Crippen LogP contribution in [0, 0.1) is 0 Å². The maximum atomic E-state index is 12.6. The Morgan fingerprint density at radius 3 is 2.10 bits per heavy atom. The molecule has 3 nitrogen and oxygen atoms in total. The first-order valence-corrected chi connectivity index (χ1v) is 7.48. The van der Waals surface area contributed by atoms with Crippen molar-refractivity contribution in [3.63, 3.8) is 0 Å². The van der Waals surface area contributed by atoms with E-state index >= 15 is 0 Å². The van der Waals surface area contributed by atoms with Crippen LogP contribution in [0.2, 0.25) is 0 Å². The van der Waals surface area contributed by atoms with E-state index in [1.54, 1.807) is 0 Å². The molecule has 0 aliphatic rings. The van der Waals surface area contributed by atoms with Crippen LogP contribution in [0.15, 0.2) is 27.6 Å². The van der Waals surface area contributed by atoms with Gasteiger partial charge in [0.05, 0.1) is 10.5 Å². The lowest BCUT2D eigenvalue weighted by atomic mass is 10.2. The summed E-state index contributed by atoms with van der Waals surface area (Å²) in [6, 6.07) is -0.601. The van der Waals surface area contributed by atoms with Crippen LogP contribution in [0.3, 0.4) is 0 Å². The van der Waals surface area contributed by atoms with E-state index in [-0.39, 0.29) is 6.07 Å². The molecule has 0 radical (unpaired) electrons. The first kappa shape index (κ1) is 18.2. The van der Waals surface area contributed by atoms with Gasteiger partial charge in [0.1, 0.15) is 6.04 Å². The molecule has 21 heavy (non-hydrogen) atoms. The van der Waals surface area contributed by atoms with Crippen LogP contribution in [0.4, 0.5) is 26.3 Å². The number of hydrogen-bond donors (Lipinski definition) is 1. The van der Waals surface area contributed by atoms with Gasteiger partial charge in [-0.2, -0.15) is 31.1 Å². The lowest BCUT2D eigenvalue weighted by molar-refractivity contribution is -0.147. The van der Waals surface area contributed by atoms with Crippen LogP contribution in [-0.2, 0) is 16.2 Å². The average molecular weight is 400 g/mol. The number of halogens is 7. The Hall–Kier alpha value is -0.810. The predicted molar refractivity (Wildman–Crippen MR) is 65.0 cm³/mol. The molecule has 0 saturated carbocycles. The number of hydrogen-bond acceptors (Lipinski definition) is 2. The van der Waals surface area contributed by atoms with E-state index in [1.165, 1.54) is 4.72 Å². The Bertz CT molecular complexity index is 625. The van der Waals surface area contributed by atoms with Gasteiger partial charge >= 0.3 is 12.4 Å². The zero-order chi connectivity index (χ0) is 16.6. The highest BCUT2D eigenvalue weighted by Gasteiger charge is 2.39. The first-order valence-electron chi connectivity index (χ1n) is 5.21. The Kier molecular flexibility index (Phi) is 5.01. The van der Waals surface area contributed by atoms with Gasteiger partial charge in [-0.05, 0) is 25.1 Å². The molecule has 0 spiro atoms. The second-order valence-electron chi connectivity index (χ2n) is 4.02. The Labute approximate surface area is 124 Å². The van der Waals surface area contributed by atoms with Crippen LogP contribution in [0.25, 0.3) is 0 Å². The van der Waals surface area contributed by atoms with Crippen LogP contribution < -0.4 is 4.72 Å². The molecule has 11 heteroatoms. The number of alkyl halides is 6. The quantitative estimate of drug-likeness (QED) is 0.787. The third-order valence-electron chi connectivity index (χ3n) is 2.38. The monoisotopic (exact) mass is 399 g/mol. The molecular weight excluding hydrogens is 392 g/mol. The highest BCUT2D eigenvalue weighted by molar-refractivity contribution is 9.10. The highest BCUT2D eigenvalue weighted by atomic mass is 79.9. The molecule has 1 unspecified atom stereocenters. The van der Waals surface area contributed by atoms with Gasteiger partial charge in [0.2, 0.25) is 10.0 Å². The van der Waals surface area contributed by atoms with Crippen molar-refractivity contribution in [3.8, 4) is 0 Å². The number of benzene rings is 1. The standard InChI is InChI=1S/C10H8BrF6NO2S/c1-5(9(12,13)14)18-21(19,20)6-2-3-8(11)7(4-6)10(15,16)17/h2-5,18H,1H3. The minimum Gasteiger partial charge on any atom is -0.207 e. The van der Waals surface area contributed by atoms with Crippen molar-refractivity contribution in [3.05, 3.63) is 28.2 Å². The fourth-order valence-corrected chi connectivity index (χ4v) is 2.98. The molecule has 0 aromatic heterocycles. The molecular formula is C10H8BrF6NO2S. The first-order chi connectivity index (χ1) is 9.25. The lowest BCUT2D eigenvalue weighted by Crippen LogP contribution is -2.43. The van der Waals surface area contributed by atoms with Gasteiger partial charge in [0.15, 0.2) is 0 Å². The van der Waals surface area contributed by atoms with Crippen molar-refractivity contribution in [1.29, 1.82) is 0 Å². The topological polar surface area (TPSA) is 46.2 Å².